The molecule has 0 radical (unpaired) electrons. The third-order valence-electron chi connectivity index (χ3n) is 3.72. The second-order valence-electron chi connectivity index (χ2n) is 5.08. The van der Waals surface area contributed by atoms with Gasteiger partial charge in [0.05, 0.1) is 17.9 Å². The van der Waals surface area contributed by atoms with E-state index in [4.69, 9.17) is 5.73 Å². The van der Waals surface area contributed by atoms with Crippen LogP contribution in [0.1, 0.15) is 5.56 Å². The number of benzene rings is 1. The van der Waals surface area contributed by atoms with Gasteiger partial charge in [0.15, 0.2) is 0 Å². The van der Waals surface area contributed by atoms with Crippen LogP contribution in [0, 0.1) is 5.82 Å². The highest BCUT2D eigenvalue weighted by atomic mass is 19.1. The predicted octanol–water partition coefficient (Wildman–Crippen LogP) is 2.42. The number of amides is 2. The molecule has 1 aromatic carbocycles. The normalized spacial score (nSPS) is 14.0. The molecule has 0 saturated heterocycles. The molecule has 22 heavy (non-hydrogen) atoms. The number of nitrogen functional groups attached to an aromatic ring is 1. The van der Waals surface area contributed by atoms with E-state index in [-0.39, 0.29) is 11.7 Å². The van der Waals surface area contributed by atoms with Gasteiger partial charge in [-0.1, -0.05) is 0 Å². The molecule has 6 nitrogen and oxygen atoms in total. The maximum absolute atomic E-state index is 13.3. The van der Waals surface area contributed by atoms with Crippen LogP contribution in [-0.4, -0.2) is 25.1 Å². The van der Waals surface area contributed by atoms with Crippen LogP contribution in [-0.2, 0) is 6.54 Å². The Labute approximate surface area is 127 Å². The number of aromatic nitrogens is 1. The number of urea groups is 1. The standard InChI is InChI=1S/C15H16FN5O/c1-18-14-6-13-9(7-19-14)8-21(15(22)20(13)2)10-3-4-11(16)12(17)5-10/h3-7H,8,17H2,1-2H3,(H,18,19). The van der Waals surface area contributed by atoms with Gasteiger partial charge in [-0.3, -0.25) is 9.80 Å². The fraction of sp³-hybridized carbons (Fsp3) is 0.200. The minimum atomic E-state index is -0.498. The number of rotatable bonds is 2. The lowest BCUT2D eigenvalue weighted by molar-refractivity contribution is 0.251. The number of nitrogens with one attached hydrogen (secondary N) is 1. The Kier molecular flexibility index (Phi) is 3.32. The molecule has 0 fully saturated rings. The van der Waals surface area contributed by atoms with E-state index in [9.17, 15) is 9.18 Å². The van der Waals surface area contributed by atoms with Gasteiger partial charge in [0.2, 0.25) is 0 Å². The molecule has 2 heterocycles. The van der Waals surface area contributed by atoms with Crippen LogP contribution in [0.5, 0.6) is 0 Å². The largest absolute Gasteiger partial charge is 0.396 e. The first-order valence-corrected chi connectivity index (χ1v) is 6.78. The minimum Gasteiger partial charge on any atom is -0.396 e. The fourth-order valence-corrected chi connectivity index (χ4v) is 2.47. The summed E-state index contributed by atoms with van der Waals surface area (Å²) in [4.78, 5) is 19.9. The van der Waals surface area contributed by atoms with Crippen molar-refractivity contribution in [3.63, 3.8) is 0 Å². The van der Waals surface area contributed by atoms with Crippen LogP contribution in [0.3, 0.4) is 0 Å². The molecule has 0 aliphatic carbocycles. The zero-order valence-electron chi connectivity index (χ0n) is 12.3. The first kappa shape index (κ1) is 14.1. The van der Waals surface area contributed by atoms with Crippen LogP contribution in [0.25, 0.3) is 0 Å². The lowest BCUT2D eigenvalue weighted by Crippen LogP contribution is -2.45. The van der Waals surface area contributed by atoms with Crippen LogP contribution < -0.4 is 20.9 Å². The number of anilines is 4. The van der Waals surface area contributed by atoms with Gasteiger partial charge in [0.1, 0.15) is 11.6 Å². The molecule has 0 unspecified atom stereocenters. The summed E-state index contributed by atoms with van der Waals surface area (Å²) in [7, 11) is 3.46. The van der Waals surface area contributed by atoms with E-state index in [2.05, 4.69) is 10.3 Å². The Morgan fingerprint density at radius 3 is 2.82 bits per heavy atom. The van der Waals surface area contributed by atoms with Gasteiger partial charge in [-0.05, 0) is 18.2 Å². The molecule has 0 spiro atoms. The van der Waals surface area contributed by atoms with E-state index in [1.807, 2.05) is 6.07 Å². The van der Waals surface area contributed by atoms with Crippen molar-refractivity contribution in [1.82, 2.24) is 4.98 Å². The van der Waals surface area contributed by atoms with Gasteiger partial charge in [-0.15, -0.1) is 0 Å². The van der Waals surface area contributed by atoms with Crippen molar-refractivity contribution >= 4 is 28.9 Å². The molecule has 0 bridgehead atoms. The first-order chi connectivity index (χ1) is 10.5. The highest BCUT2D eigenvalue weighted by molar-refractivity contribution is 6.06. The molecule has 7 heteroatoms. The van der Waals surface area contributed by atoms with E-state index < -0.39 is 5.82 Å². The third kappa shape index (κ3) is 2.20. The summed E-state index contributed by atoms with van der Waals surface area (Å²) < 4.78 is 13.3. The number of carbonyl (C=O) groups is 1. The molecule has 0 atom stereocenters. The van der Waals surface area contributed by atoms with Crippen molar-refractivity contribution in [3.05, 3.63) is 41.8 Å². The highest BCUT2D eigenvalue weighted by Gasteiger charge is 2.29. The number of hydrogen-bond donors (Lipinski definition) is 2. The number of nitrogens with zero attached hydrogens (tertiary/aromatic N) is 3. The Hall–Kier alpha value is -2.83. The van der Waals surface area contributed by atoms with Gasteiger partial charge in [-0.2, -0.15) is 0 Å². The number of fused-ring (bicyclic) bond motifs is 1. The van der Waals surface area contributed by atoms with Crippen molar-refractivity contribution in [2.24, 2.45) is 0 Å². The maximum atomic E-state index is 13.3. The smallest absolute Gasteiger partial charge is 0.329 e. The second-order valence-corrected chi connectivity index (χ2v) is 5.08. The molecule has 3 rings (SSSR count). The van der Waals surface area contributed by atoms with E-state index in [1.165, 1.54) is 18.2 Å². The van der Waals surface area contributed by atoms with Crippen molar-refractivity contribution in [2.75, 3.05) is 34.9 Å². The number of pyridine rings is 1. The summed E-state index contributed by atoms with van der Waals surface area (Å²) in [5.74, 6) is 0.195. The van der Waals surface area contributed by atoms with E-state index >= 15 is 0 Å². The lowest BCUT2D eigenvalue weighted by atomic mass is 10.1. The summed E-state index contributed by atoms with van der Waals surface area (Å²) >= 11 is 0. The molecule has 1 aliphatic rings. The first-order valence-electron chi connectivity index (χ1n) is 6.78. The Morgan fingerprint density at radius 2 is 2.14 bits per heavy atom. The minimum absolute atomic E-state index is 0.0161. The quantitative estimate of drug-likeness (QED) is 0.835. The molecule has 2 aromatic rings. The van der Waals surface area contributed by atoms with E-state index in [0.29, 0.717) is 18.1 Å². The zero-order valence-corrected chi connectivity index (χ0v) is 12.3. The number of carbonyl (C=O) groups excluding carboxylic acids is 1. The van der Waals surface area contributed by atoms with Crippen LogP contribution >= 0.6 is 0 Å². The lowest BCUT2D eigenvalue weighted by Gasteiger charge is -2.35. The van der Waals surface area contributed by atoms with Crippen molar-refractivity contribution in [2.45, 2.75) is 6.54 Å². The molecule has 1 aromatic heterocycles. The summed E-state index contributed by atoms with van der Waals surface area (Å²) in [5, 5.41) is 2.95. The molecular weight excluding hydrogens is 285 g/mol. The van der Waals surface area contributed by atoms with Crippen LogP contribution in [0.15, 0.2) is 30.5 Å². The number of hydrogen-bond acceptors (Lipinski definition) is 4. The Morgan fingerprint density at radius 1 is 1.36 bits per heavy atom. The summed E-state index contributed by atoms with van der Waals surface area (Å²) in [6.45, 7) is 0.362. The van der Waals surface area contributed by atoms with E-state index in [0.717, 1.165) is 11.3 Å². The summed E-state index contributed by atoms with van der Waals surface area (Å²) in [5.41, 5.74) is 7.87. The zero-order chi connectivity index (χ0) is 15.9. The molecule has 1 aliphatic heterocycles. The summed E-state index contributed by atoms with van der Waals surface area (Å²) in [6.07, 6.45) is 1.73. The van der Waals surface area contributed by atoms with Gasteiger partial charge in [-0.25, -0.2) is 14.2 Å². The van der Waals surface area contributed by atoms with Gasteiger partial charge >= 0.3 is 6.03 Å². The van der Waals surface area contributed by atoms with Gasteiger partial charge < -0.3 is 11.1 Å². The average Bonchev–Trinajstić information content (AvgIpc) is 2.53. The predicted molar refractivity (Wildman–Crippen MR) is 84.6 cm³/mol. The molecular formula is C15H16FN5O. The topological polar surface area (TPSA) is 74.5 Å². The highest BCUT2D eigenvalue weighted by Crippen LogP contribution is 2.32. The van der Waals surface area contributed by atoms with Crippen LogP contribution in [0.4, 0.5) is 32.1 Å². The maximum Gasteiger partial charge on any atom is 0.329 e. The van der Waals surface area contributed by atoms with Crippen molar-refractivity contribution < 1.29 is 9.18 Å². The fourth-order valence-electron chi connectivity index (χ4n) is 2.47. The Balaban J connectivity index is 2.01. The monoisotopic (exact) mass is 301 g/mol. The molecule has 114 valence electrons. The average molecular weight is 301 g/mol. The molecule has 2 amide bonds. The van der Waals surface area contributed by atoms with Crippen molar-refractivity contribution in [3.8, 4) is 0 Å². The molecule has 3 N–H and O–H groups in total. The van der Waals surface area contributed by atoms with Gasteiger partial charge in [0.25, 0.3) is 0 Å². The van der Waals surface area contributed by atoms with E-state index in [1.54, 1.807) is 30.1 Å². The molecule has 0 saturated carbocycles. The third-order valence-corrected chi connectivity index (χ3v) is 3.72. The summed E-state index contributed by atoms with van der Waals surface area (Å²) in [6, 6.07) is 5.88. The second kappa shape index (κ2) is 5.18. The van der Waals surface area contributed by atoms with Gasteiger partial charge in [0, 0.05) is 37.6 Å². The number of halogens is 1. The Bertz CT molecular complexity index is 749. The SMILES string of the molecule is CNc1cc2c(cn1)CN(c1ccc(F)c(N)c1)C(=O)N2C. The number of nitrogens with two attached hydrogens (primary N) is 1. The van der Waals surface area contributed by atoms with Crippen molar-refractivity contribution in [1.29, 1.82) is 0 Å². The van der Waals surface area contributed by atoms with Crippen LogP contribution in [0.2, 0.25) is 0 Å².